The van der Waals surface area contributed by atoms with Crippen LogP contribution in [0.25, 0.3) is 10.9 Å². The van der Waals surface area contributed by atoms with Crippen molar-refractivity contribution in [3.05, 3.63) is 35.5 Å². The Balaban J connectivity index is 1.98. The fourth-order valence-electron chi connectivity index (χ4n) is 3.48. The minimum absolute atomic E-state index is 0.0525. The van der Waals surface area contributed by atoms with Crippen LogP contribution in [0, 0.1) is 18.3 Å². The van der Waals surface area contributed by atoms with Gasteiger partial charge in [0, 0.05) is 23.9 Å². The highest BCUT2D eigenvalue weighted by Gasteiger charge is 2.29. The summed E-state index contributed by atoms with van der Waals surface area (Å²) in [7, 11) is -3.03. The minimum Gasteiger partial charge on any atom is -0.381 e. The van der Waals surface area contributed by atoms with Crippen molar-refractivity contribution in [3.8, 4) is 6.07 Å². The predicted octanol–water partition coefficient (Wildman–Crippen LogP) is 3.18. The molecule has 0 saturated heterocycles. The smallest absolute Gasteiger partial charge is 0.150 e. The number of aryl methyl sites for hydroxylation is 1. The third-order valence-corrected chi connectivity index (χ3v) is 6.44. The van der Waals surface area contributed by atoms with E-state index in [1.165, 1.54) is 6.26 Å². The molecule has 0 amide bonds. The molecule has 1 saturated carbocycles. The summed E-state index contributed by atoms with van der Waals surface area (Å²) in [5.74, 6) is 0. The number of nitrogens with zero attached hydrogens (tertiary/aromatic N) is 2. The van der Waals surface area contributed by atoms with E-state index in [-0.39, 0.29) is 11.3 Å². The highest BCUT2D eigenvalue weighted by Crippen LogP contribution is 2.32. The fourth-order valence-corrected chi connectivity index (χ4v) is 4.66. The summed E-state index contributed by atoms with van der Waals surface area (Å²) in [5.41, 5.74) is 3.19. The number of benzene rings is 1. The molecule has 1 fully saturated rings. The van der Waals surface area contributed by atoms with Crippen LogP contribution in [0.5, 0.6) is 0 Å². The zero-order valence-corrected chi connectivity index (χ0v) is 14.7. The molecule has 1 aromatic carbocycles. The first-order valence-corrected chi connectivity index (χ1v) is 10.1. The number of hydrogen-bond donors (Lipinski definition) is 1. The second-order valence-corrected chi connectivity index (χ2v) is 8.91. The Morgan fingerprint density at radius 1 is 1.33 bits per heavy atom. The van der Waals surface area contributed by atoms with Gasteiger partial charge in [-0.3, -0.25) is 4.98 Å². The number of hydrogen-bond acceptors (Lipinski definition) is 5. The number of para-hydroxylation sites is 1. The van der Waals surface area contributed by atoms with Gasteiger partial charge in [-0.25, -0.2) is 8.42 Å². The number of sulfone groups is 1. The van der Waals surface area contributed by atoms with E-state index in [1.807, 2.05) is 25.1 Å². The molecule has 0 spiro atoms. The molecule has 1 heterocycles. The maximum Gasteiger partial charge on any atom is 0.150 e. The second-order valence-electron chi connectivity index (χ2n) is 6.59. The van der Waals surface area contributed by atoms with Gasteiger partial charge in [-0.2, -0.15) is 5.26 Å². The Bertz CT molecular complexity index is 916. The van der Waals surface area contributed by atoms with E-state index in [0.717, 1.165) is 41.4 Å². The zero-order valence-electron chi connectivity index (χ0n) is 13.9. The summed E-state index contributed by atoms with van der Waals surface area (Å²) in [6.07, 6.45) is 5.99. The molecule has 1 N–H and O–H groups in total. The van der Waals surface area contributed by atoms with E-state index < -0.39 is 9.84 Å². The van der Waals surface area contributed by atoms with E-state index >= 15 is 0 Å². The normalized spacial score (nSPS) is 21.4. The molecule has 5 nitrogen and oxygen atoms in total. The van der Waals surface area contributed by atoms with Crippen LogP contribution in [0.2, 0.25) is 0 Å². The summed E-state index contributed by atoms with van der Waals surface area (Å²) >= 11 is 0. The van der Waals surface area contributed by atoms with Crippen molar-refractivity contribution < 1.29 is 8.42 Å². The van der Waals surface area contributed by atoms with E-state index in [0.29, 0.717) is 12.0 Å². The molecule has 0 bridgehead atoms. The lowest BCUT2D eigenvalue weighted by Gasteiger charge is -2.30. The van der Waals surface area contributed by atoms with E-state index in [2.05, 4.69) is 16.4 Å². The van der Waals surface area contributed by atoms with Crippen LogP contribution in [0.4, 0.5) is 5.69 Å². The number of fused-ring (bicyclic) bond motifs is 1. The predicted molar refractivity (Wildman–Crippen MR) is 95.7 cm³/mol. The number of nitrogens with one attached hydrogen (secondary N) is 1. The van der Waals surface area contributed by atoms with Crippen LogP contribution in [0.1, 0.15) is 36.8 Å². The van der Waals surface area contributed by atoms with Crippen LogP contribution in [-0.2, 0) is 9.84 Å². The molecular formula is C18H21N3O2S. The first-order valence-electron chi connectivity index (χ1n) is 8.14. The maximum absolute atomic E-state index is 11.9. The Morgan fingerprint density at radius 2 is 2.12 bits per heavy atom. The third-order valence-electron chi connectivity index (χ3n) is 4.80. The van der Waals surface area contributed by atoms with Gasteiger partial charge in [-0.15, -0.1) is 0 Å². The Hall–Kier alpha value is -2.13. The van der Waals surface area contributed by atoms with Gasteiger partial charge >= 0.3 is 0 Å². The summed E-state index contributed by atoms with van der Waals surface area (Å²) in [5, 5.41) is 13.5. The largest absolute Gasteiger partial charge is 0.381 e. The van der Waals surface area contributed by atoms with Crippen molar-refractivity contribution in [2.24, 2.45) is 0 Å². The number of rotatable bonds is 3. The van der Waals surface area contributed by atoms with Gasteiger partial charge in [-0.05, 0) is 31.7 Å². The van der Waals surface area contributed by atoms with Crippen molar-refractivity contribution >= 4 is 26.4 Å². The lowest BCUT2D eigenvalue weighted by Crippen LogP contribution is -2.34. The average Bonchev–Trinajstić information content (AvgIpc) is 2.55. The molecule has 0 radical (unpaired) electrons. The molecule has 1 aromatic heterocycles. The van der Waals surface area contributed by atoms with Gasteiger partial charge < -0.3 is 5.32 Å². The van der Waals surface area contributed by atoms with Gasteiger partial charge in [0.15, 0.2) is 0 Å². The highest BCUT2D eigenvalue weighted by atomic mass is 32.2. The SMILES string of the molecule is Cc1cccc2c(N[C@H]3CCC[C@H](S(C)(=O)=O)C3)c(C#N)cnc12. The third kappa shape index (κ3) is 3.22. The Labute approximate surface area is 142 Å². The van der Waals surface area contributed by atoms with Gasteiger partial charge in [0.25, 0.3) is 0 Å². The lowest BCUT2D eigenvalue weighted by atomic mass is 9.94. The van der Waals surface area contributed by atoms with E-state index in [1.54, 1.807) is 6.20 Å². The first kappa shape index (κ1) is 16.7. The van der Waals surface area contributed by atoms with Crippen LogP contribution in [0.15, 0.2) is 24.4 Å². The summed E-state index contributed by atoms with van der Waals surface area (Å²) in [6.45, 7) is 1.99. The standard InChI is InChI=1S/C18H21N3O2S/c1-12-5-3-8-16-17(12)20-11-13(10-19)18(16)21-14-6-4-7-15(9-14)24(2,22)23/h3,5,8,11,14-15H,4,6-7,9H2,1-2H3,(H,20,21)/t14-,15-/m0/s1. The van der Waals surface area contributed by atoms with Crippen molar-refractivity contribution in [1.82, 2.24) is 4.98 Å². The summed E-state index contributed by atoms with van der Waals surface area (Å²) < 4.78 is 23.7. The highest BCUT2D eigenvalue weighted by molar-refractivity contribution is 7.91. The molecule has 0 aliphatic heterocycles. The molecule has 3 rings (SSSR count). The first-order chi connectivity index (χ1) is 11.4. The minimum atomic E-state index is -3.03. The molecule has 6 heteroatoms. The van der Waals surface area contributed by atoms with Crippen molar-refractivity contribution in [2.45, 2.75) is 43.9 Å². The van der Waals surface area contributed by atoms with E-state index in [4.69, 9.17) is 0 Å². The van der Waals surface area contributed by atoms with Crippen LogP contribution >= 0.6 is 0 Å². The Morgan fingerprint density at radius 3 is 2.83 bits per heavy atom. The molecule has 126 valence electrons. The topological polar surface area (TPSA) is 82.9 Å². The van der Waals surface area contributed by atoms with Crippen LogP contribution in [-0.4, -0.2) is 30.9 Å². The van der Waals surface area contributed by atoms with E-state index in [9.17, 15) is 13.7 Å². The Kier molecular flexibility index (Phi) is 4.46. The zero-order chi connectivity index (χ0) is 17.3. The molecule has 2 aromatic rings. The summed E-state index contributed by atoms with van der Waals surface area (Å²) in [4.78, 5) is 4.40. The van der Waals surface area contributed by atoms with Crippen molar-refractivity contribution in [3.63, 3.8) is 0 Å². The monoisotopic (exact) mass is 343 g/mol. The number of nitriles is 1. The molecule has 1 aliphatic carbocycles. The quantitative estimate of drug-likeness (QED) is 0.925. The average molecular weight is 343 g/mol. The van der Waals surface area contributed by atoms with Crippen molar-refractivity contribution in [2.75, 3.05) is 11.6 Å². The van der Waals surface area contributed by atoms with Crippen LogP contribution < -0.4 is 5.32 Å². The van der Waals surface area contributed by atoms with Crippen molar-refractivity contribution in [1.29, 1.82) is 5.26 Å². The number of pyridine rings is 1. The molecule has 24 heavy (non-hydrogen) atoms. The fraction of sp³-hybridized carbons (Fsp3) is 0.444. The van der Waals surface area contributed by atoms with Gasteiger partial charge in [-0.1, -0.05) is 24.6 Å². The maximum atomic E-state index is 11.9. The second kappa shape index (κ2) is 6.40. The van der Waals surface area contributed by atoms with Gasteiger partial charge in [0.05, 0.1) is 22.0 Å². The lowest BCUT2D eigenvalue weighted by molar-refractivity contribution is 0.453. The number of aromatic nitrogens is 1. The molecule has 2 atom stereocenters. The molecule has 0 unspecified atom stereocenters. The van der Waals surface area contributed by atoms with Crippen LogP contribution in [0.3, 0.4) is 0 Å². The molecule has 1 aliphatic rings. The van der Waals surface area contributed by atoms with Gasteiger partial charge in [0.2, 0.25) is 0 Å². The number of anilines is 1. The molecular weight excluding hydrogens is 322 g/mol. The summed E-state index contributed by atoms with van der Waals surface area (Å²) in [6, 6.07) is 8.14. The van der Waals surface area contributed by atoms with Gasteiger partial charge in [0.1, 0.15) is 15.9 Å².